The van der Waals surface area contributed by atoms with Crippen LogP contribution in [0.5, 0.6) is 0 Å². The van der Waals surface area contributed by atoms with Gasteiger partial charge in [0.25, 0.3) is 5.56 Å². The Bertz CT molecular complexity index is 1230. The summed E-state index contributed by atoms with van der Waals surface area (Å²) in [5.74, 6) is -5.39. The fourth-order valence-electron chi connectivity index (χ4n) is 2.93. The van der Waals surface area contributed by atoms with E-state index >= 15 is 0 Å². The van der Waals surface area contributed by atoms with Crippen LogP contribution in [0.1, 0.15) is 5.69 Å². The minimum atomic E-state index is -1.37. The second kappa shape index (κ2) is 9.77. The van der Waals surface area contributed by atoms with Gasteiger partial charge in [0.1, 0.15) is 11.5 Å². The number of nitrogens with one attached hydrogen (secondary N) is 2. The summed E-state index contributed by atoms with van der Waals surface area (Å²) in [6.45, 7) is 1.69. The third kappa shape index (κ3) is 5.05. The summed E-state index contributed by atoms with van der Waals surface area (Å²) in [6, 6.07) is 9.78. The lowest BCUT2D eigenvalue weighted by molar-refractivity contribution is -0.114. The van der Waals surface area contributed by atoms with Crippen molar-refractivity contribution >= 4 is 35.0 Å². The Morgan fingerprint density at radius 3 is 2.19 bits per heavy atom. The second-order valence-corrected chi connectivity index (χ2v) is 7.76. The van der Waals surface area contributed by atoms with E-state index in [4.69, 9.17) is 0 Å². The van der Waals surface area contributed by atoms with Crippen molar-refractivity contribution in [1.29, 1.82) is 0 Å². The molecule has 11 heteroatoms. The highest BCUT2D eigenvalue weighted by atomic mass is 32.2. The lowest BCUT2D eigenvalue weighted by atomic mass is 10.3. The minimum absolute atomic E-state index is 0.121. The average molecular weight is 464 g/mol. The summed E-state index contributed by atoms with van der Waals surface area (Å²) in [7, 11) is 1.69. The minimum Gasteiger partial charge on any atom is -0.323 e. The molecular weight excluding hydrogens is 445 g/mol. The van der Waals surface area contributed by atoms with Crippen LogP contribution in [-0.4, -0.2) is 32.7 Å². The van der Waals surface area contributed by atoms with Crippen LogP contribution in [-0.2, 0) is 16.6 Å². The van der Waals surface area contributed by atoms with Crippen LogP contribution in [0.25, 0.3) is 5.69 Å². The number of halogens is 3. The van der Waals surface area contributed by atoms with Gasteiger partial charge in [-0.25, -0.2) is 17.9 Å². The molecule has 168 valence electrons. The Morgan fingerprint density at radius 2 is 1.53 bits per heavy atom. The zero-order chi connectivity index (χ0) is 23.4. The fraction of sp³-hybridized carbons (Fsp3) is 0.190. The summed E-state index contributed by atoms with van der Waals surface area (Å²) in [4.78, 5) is 37.0. The highest BCUT2D eigenvalue weighted by Crippen LogP contribution is 2.19. The first-order valence-corrected chi connectivity index (χ1v) is 10.5. The number of para-hydroxylation sites is 1. The zero-order valence-corrected chi connectivity index (χ0v) is 17.9. The molecule has 0 saturated carbocycles. The molecule has 3 aromatic rings. The normalized spacial score (nSPS) is 10.8. The molecule has 0 saturated heterocycles. The fourth-order valence-corrected chi connectivity index (χ4v) is 3.55. The molecule has 3 rings (SSSR count). The monoisotopic (exact) mass is 464 g/mol. The molecular formula is C21H19F3N4O3S. The van der Waals surface area contributed by atoms with Crippen molar-refractivity contribution in [2.45, 2.75) is 6.92 Å². The molecule has 0 aliphatic carbocycles. The summed E-state index contributed by atoms with van der Waals surface area (Å²) in [5, 5.41) is 4.68. The Labute approximate surface area is 185 Å². The number of aromatic nitrogens is 2. The predicted molar refractivity (Wildman–Crippen MR) is 117 cm³/mol. The molecule has 0 aliphatic heterocycles. The molecule has 0 radical (unpaired) electrons. The topological polar surface area (TPSA) is 85.1 Å². The van der Waals surface area contributed by atoms with E-state index in [1.807, 2.05) is 6.07 Å². The quantitative estimate of drug-likeness (QED) is 0.526. The number of hydrogen-bond donors (Lipinski definition) is 2. The van der Waals surface area contributed by atoms with E-state index in [0.717, 1.165) is 11.8 Å². The maximum absolute atomic E-state index is 13.6. The maximum atomic E-state index is 13.6. The molecule has 2 aromatic carbocycles. The van der Waals surface area contributed by atoms with Gasteiger partial charge in [-0.1, -0.05) is 18.2 Å². The number of anilines is 2. The number of nitrogens with zero attached hydrogens (tertiary/aromatic N) is 2. The highest BCUT2D eigenvalue weighted by Gasteiger charge is 2.18. The molecule has 2 N–H and O–H groups in total. The van der Waals surface area contributed by atoms with Crippen LogP contribution >= 0.6 is 11.8 Å². The molecule has 32 heavy (non-hydrogen) atoms. The van der Waals surface area contributed by atoms with E-state index in [9.17, 15) is 27.6 Å². The molecule has 1 aromatic heterocycles. The van der Waals surface area contributed by atoms with Crippen molar-refractivity contribution in [1.82, 2.24) is 9.36 Å². The van der Waals surface area contributed by atoms with Gasteiger partial charge < -0.3 is 10.6 Å². The van der Waals surface area contributed by atoms with Gasteiger partial charge in [-0.15, -0.1) is 11.8 Å². The van der Waals surface area contributed by atoms with Crippen LogP contribution < -0.4 is 16.2 Å². The molecule has 0 aliphatic rings. The third-order valence-corrected chi connectivity index (χ3v) is 5.50. The van der Waals surface area contributed by atoms with Gasteiger partial charge in [0.15, 0.2) is 11.6 Å². The smallest absolute Gasteiger partial charge is 0.295 e. The summed E-state index contributed by atoms with van der Waals surface area (Å²) in [6.07, 6.45) is 0. The van der Waals surface area contributed by atoms with E-state index in [1.54, 1.807) is 42.9 Å². The van der Waals surface area contributed by atoms with Gasteiger partial charge in [0.2, 0.25) is 11.8 Å². The average Bonchev–Trinajstić information content (AvgIpc) is 2.95. The number of hydrogen-bond acceptors (Lipinski definition) is 4. The van der Waals surface area contributed by atoms with Gasteiger partial charge in [-0.05, 0) is 19.1 Å². The molecule has 1 heterocycles. The SMILES string of the molecule is Cc1c(NC(=O)CSCC(=O)Nc2cc(F)c(F)cc2F)c(=O)n(-c2ccccc2)n1C. The number of rotatable bonds is 7. The van der Waals surface area contributed by atoms with E-state index < -0.39 is 40.5 Å². The molecule has 7 nitrogen and oxygen atoms in total. The zero-order valence-electron chi connectivity index (χ0n) is 17.1. The summed E-state index contributed by atoms with van der Waals surface area (Å²) >= 11 is 0.910. The Balaban J connectivity index is 1.58. The number of carbonyl (C=O) groups excluding carboxylic acids is 2. The van der Waals surface area contributed by atoms with Crippen molar-refractivity contribution in [3.8, 4) is 5.69 Å². The van der Waals surface area contributed by atoms with Gasteiger partial charge in [0, 0.05) is 19.2 Å². The number of thioether (sulfide) groups is 1. The Hall–Kier alpha value is -3.47. The van der Waals surface area contributed by atoms with Crippen molar-refractivity contribution in [3.63, 3.8) is 0 Å². The van der Waals surface area contributed by atoms with Gasteiger partial charge in [-0.2, -0.15) is 0 Å². The van der Waals surface area contributed by atoms with Crippen LogP contribution in [0.4, 0.5) is 24.5 Å². The third-order valence-electron chi connectivity index (χ3n) is 4.57. The largest absolute Gasteiger partial charge is 0.323 e. The highest BCUT2D eigenvalue weighted by molar-refractivity contribution is 8.00. The van der Waals surface area contributed by atoms with Crippen LogP contribution in [0.15, 0.2) is 47.3 Å². The van der Waals surface area contributed by atoms with E-state index in [-0.39, 0.29) is 17.2 Å². The van der Waals surface area contributed by atoms with Gasteiger partial charge in [0.05, 0.1) is 28.6 Å². The van der Waals surface area contributed by atoms with Gasteiger partial charge >= 0.3 is 0 Å². The van der Waals surface area contributed by atoms with Crippen molar-refractivity contribution in [2.24, 2.45) is 7.05 Å². The standard InChI is InChI=1S/C21H19F3N4O3S/c1-12-20(21(31)28(27(12)2)13-6-4-3-5-7-13)26-19(30)11-32-10-18(29)25-17-9-15(23)14(22)8-16(17)24/h3-9H,10-11H2,1-2H3,(H,25,29)(H,26,30). The van der Waals surface area contributed by atoms with Crippen LogP contribution in [0, 0.1) is 24.4 Å². The predicted octanol–water partition coefficient (Wildman–Crippen LogP) is 3.21. The number of benzene rings is 2. The first-order chi connectivity index (χ1) is 15.2. The molecule has 0 fully saturated rings. The first-order valence-electron chi connectivity index (χ1n) is 9.35. The Kier molecular flexibility index (Phi) is 7.08. The molecule has 0 atom stereocenters. The van der Waals surface area contributed by atoms with Crippen molar-refractivity contribution in [2.75, 3.05) is 22.1 Å². The maximum Gasteiger partial charge on any atom is 0.295 e. The Morgan fingerprint density at radius 1 is 0.938 bits per heavy atom. The lowest BCUT2D eigenvalue weighted by Gasteiger charge is -2.07. The first kappa shape index (κ1) is 23.2. The molecule has 0 bridgehead atoms. The summed E-state index contributed by atoms with van der Waals surface area (Å²) < 4.78 is 42.8. The number of carbonyl (C=O) groups is 2. The number of amides is 2. The van der Waals surface area contributed by atoms with Crippen molar-refractivity contribution < 1.29 is 22.8 Å². The van der Waals surface area contributed by atoms with E-state index in [0.29, 0.717) is 23.5 Å². The van der Waals surface area contributed by atoms with Gasteiger partial charge in [-0.3, -0.25) is 19.1 Å². The molecule has 2 amide bonds. The lowest BCUT2D eigenvalue weighted by Crippen LogP contribution is -2.24. The van der Waals surface area contributed by atoms with E-state index in [1.165, 1.54) is 4.68 Å². The van der Waals surface area contributed by atoms with Crippen LogP contribution in [0.2, 0.25) is 0 Å². The van der Waals surface area contributed by atoms with E-state index in [2.05, 4.69) is 10.6 Å². The second-order valence-electron chi connectivity index (χ2n) is 6.77. The van der Waals surface area contributed by atoms with Crippen molar-refractivity contribution in [3.05, 3.63) is 76.0 Å². The molecule has 0 unspecified atom stereocenters. The van der Waals surface area contributed by atoms with Crippen LogP contribution in [0.3, 0.4) is 0 Å². The molecule has 0 spiro atoms. The summed E-state index contributed by atoms with van der Waals surface area (Å²) in [5.41, 5.74) is 0.402.